The first-order valence-electron chi connectivity index (χ1n) is 4.60. The minimum absolute atomic E-state index is 0.132. The smallest absolute Gasteiger partial charge is 0.303 e. The molecule has 0 aliphatic rings. The van der Waals surface area contributed by atoms with Gasteiger partial charge in [0, 0.05) is 22.7 Å². The Bertz CT molecular complexity index is 550. The van der Waals surface area contributed by atoms with Crippen LogP contribution in [0.2, 0.25) is 0 Å². The second-order valence-electron chi connectivity index (χ2n) is 3.28. The Morgan fingerprint density at radius 3 is 2.41 bits per heavy atom. The Morgan fingerprint density at radius 1 is 1.24 bits per heavy atom. The molecule has 1 aromatic carbocycles. The van der Waals surface area contributed by atoms with Crippen LogP contribution in [-0.2, 0) is 13.8 Å². The van der Waals surface area contributed by atoms with Gasteiger partial charge in [-0.3, -0.25) is 9.59 Å². The van der Waals surface area contributed by atoms with Crippen molar-refractivity contribution in [2.45, 2.75) is 17.7 Å². The number of carboxylic acid groups (broad SMARTS) is 1. The molecule has 0 fully saturated rings. The number of rotatable bonds is 5. The fraction of sp³-hybridized carbons (Fsp3) is 0.200. The molecule has 5 nitrogen and oxygen atoms in total. The summed E-state index contributed by atoms with van der Waals surface area (Å²) in [5.41, 5.74) is 0.132. The molecule has 0 heterocycles. The van der Waals surface area contributed by atoms with Gasteiger partial charge >= 0.3 is 5.97 Å². The van der Waals surface area contributed by atoms with Gasteiger partial charge in [0.1, 0.15) is 0 Å². The largest absolute Gasteiger partial charge is 0.481 e. The summed E-state index contributed by atoms with van der Waals surface area (Å²) >= 11 is 0. The second kappa shape index (κ2) is 5.29. The van der Waals surface area contributed by atoms with Crippen LogP contribution in [0.15, 0.2) is 29.2 Å². The molecule has 0 saturated carbocycles. The summed E-state index contributed by atoms with van der Waals surface area (Å²) in [6, 6.07) is 5.18. The quantitative estimate of drug-likeness (QED) is 0.653. The maximum atomic E-state index is 11.5. The fourth-order valence-corrected chi connectivity index (χ4v) is 1.98. The summed E-state index contributed by atoms with van der Waals surface area (Å²) in [4.78, 5) is 21.6. The third-order valence-electron chi connectivity index (χ3n) is 2.00. The predicted molar refractivity (Wildman–Crippen MR) is 60.7 cm³/mol. The van der Waals surface area contributed by atoms with Crippen LogP contribution in [0.5, 0.6) is 0 Å². The van der Waals surface area contributed by atoms with Crippen LogP contribution in [0.4, 0.5) is 0 Å². The van der Waals surface area contributed by atoms with E-state index in [9.17, 15) is 18.0 Å². The Balaban J connectivity index is 2.93. The number of carbonyl (C=O) groups is 2. The first kappa shape index (κ1) is 13.7. The molecule has 0 aromatic heterocycles. The molecule has 0 radical (unpaired) electrons. The van der Waals surface area contributed by atoms with Gasteiger partial charge in [-0.2, -0.15) is 0 Å². The second-order valence-corrected chi connectivity index (χ2v) is 5.85. The van der Waals surface area contributed by atoms with Gasteiger partial charge in [-0.15, -0.1) is 0 Å². The Morgan fingerprint density at radius 2 is 1.88 bits per heavy atom. The molecule has 0 bridgehead atoms. The molecule has 1 N–H and O–H groups in total. The van der Waals surface area contributed by atoms with Crippen LogP contribution < -0.4 is 0 Å². The van der Waals surface area contributed by atoms with Crippen LogP contribution in [0.1, 0.15) is 23.2 Å². The van der Waals surface area contributed by atoms with Gasteiger partial charge < -0.3 is 5.11 Å². The molecule has 0 unspecified atom stereocenters. The number of carboxylic acids is 1. The van der Waals surface area contributed by atoms with Crippen LogP contribution in [0.25, 0.3) is 0 Å². The van der Waals surface area contributed by atoms with Gasteiger partial charge in [-0.1, -0.05) is 12.1 Å². The topological polar surface area (TPSA) is 88.5 Å². The Hall–Kier alpha value is -1.40. The molecule has 1 rings (SSSR count). The molecular weight excluding hydrogens is 268 g/mol. The molecule has 1 aromatic rings. The average Bonchev–Trinajstić information content (AvgIpc) is 2.25. The maximum absolute atomic E-state index is 11.5. The van der Waals surface area contributed by atoms with Gasteiger partial charge in [-0.05, 0) is 12.1 Å². The van der Waals surface area contributed by atoms with Gasteiger partial charge in [-0.25, -0.2) is 8.42 Å². The number of carbonyl (C=O) groups excluding carboxylic acids is 1. The number of Topliss-reactive ketones (excluding diaryl/α,β-unsaturated/α-hetero) is 1. The van der Waals surface area contributed by atoms with Gasteiger partial charge in [0.15, 0.2) is 5.78 Å². The van der Waals surface area contributed by atoms with E-state index in [1.165, 1.54) is 18.2 Å². The highest BCUT2D eigenvalue weighted by Crippen LogP contribution is 2.17. The van der Waals surface area contributed by atoms with E-state index >= 15 is 0 Å². The Kier molecular flexibility index (Phi) is 4.25. The molecule has 0 amide bonds. The van der Waals surface area contributed by atoms with Crippen LogP contribution in [0, 0.1) is 0 Å². The van der Waals surface area contributed by atoms with Crippen LogP contribution >= 0.6 is 10.7 Å². The summed E-state index contributed by atoms with van der Waals surface area (Å²) in [5, 5.41) is 8.42. The van der Waals surface area contributed by atoms with Crippen molar-refractivity contribution in [1.82, 2.24) is 0 Å². The van der Waals surface area contributed by atoms with E-state index in [4.69, 9.17) is 15.8 Å². The molecule has 0 aliphatic carbocycles. The van der Waals surface area contributed by atoms with Gasteiger partial charge in [0.25, 0.3) is 9.05 Å². The maximum Gasteiger partial charge on any atom is 0.303 e. The van der Waals surface area contributed by atoms with E-state index < -0.39 is 20.8 Å². The Labute approximate surface area is 102 Å². The van der Waals surface area contributed by atoms with Crippen molar-refractivity contribution in [1.29, 1.82) is 0 Å². The van der Waals surface area contributed by atoms with Crippen molar-refractivity contribution < 1.29 is 23.1 Å². The molecule has 92 valence electrons. The molecule has 0 saturated heterocycles. The van der Waals surface area contributed by atoms with E-state index in [-0.39, 0.29) is 23.3 Å². The van der Waals surface area contributed by atoms with E-state index in [0.29, 0.717) is 0 Å². The first-order chi connectivity index (χ1) is 7.80. The lowest BCUT2D eigenvalue weighted by atomic mass is 10.1. The fourth-order valence-electron chi connectivity index (χ4n) is 1.19. The van der Waals surface area contributed by atoms with Crippen molar-refractivity contribution in [3.8, 4) is 0 Å². The van der Waals surface area contributed by atoms with Crippen molar-refractivity contribution in [3.05, 3.63) is 29.8 Å². The van der Waals surface area contributed by atoms with E-state index in [1.807, 2.05) is 0 Å². The van der Waals surface area contributed by atoms with E-state index in [0.717, 1.165) is 6.07 Å². The SMILES string of the molecule is O=C(O)CCC(=O)c1cccc(S(=O)(=O)Cl)c1. The summed E-state index contributed by atoms with van der Waals surface area (Å²) in [7, 11) is 1.24. The number of aliphatic carboxylic acids is 1. The lowest BCUT2D eigenvalue weighted by molar-refractivity contribution is -0.136. The van der Waals surface area contributed by atoms with Crippen molar-refractivity contribution in [2.24, 2.45) is 0 Å². The average molecular weight is 277 g/mol. The van der Waals surface area contributed by atoms with Crippen molar-refractivity contribution >= 4 is 31.5 Å². The number of hydrogen-bond acceptors (Lipinski definition) is 4. The van der Waals surface area contributed by atoms with Gasteiger partial charge in [0.05, 0.1) is 11.3 Å². The highest BCUT2D eigenvalue weighted by molar-refractivity contribution is 8.13. The normalized spacial score (nSPS) is 11.1. The molecular formula is C10H9ClO5S. The number of halogens is 1. The molecule has 17 heavy (non-hydrogen) atoms. The number of hydrogen-bond donors (Lipinski definition) is 1. The summed E-state index contributed by atoms with van der Waals surface area (Å²) in [6.45, 7) is 0. The molecule has 0 spiro atoms. The van der Waals surface area contributed by atoms with Crippen LogP contribution in [-0.4, -0.2) is 25.3 Å². The van der Waals surface area contributed by atoms with Crippen LogP contribution in [0.3, 0.4) is 0 Å². The summed E-state index contributed by atoms with van der Waals surface area (Å²) in [5.74, 6) is -1.52. The predicted octanol–water partition coefficient (Wildman–Crippen LogP) is 1.66. The lowest BCUT2D eigenvalue weighted by Gasteiger charge is -2.01. The van der Waals surface area contributed by atoms with E-state index in [1.54, 1.807) is 0 Å². The zero-order valence-electron chi connectivity index (χ0n) is 8.59. The first-order valence-corrected chi connectivity index (χ1v) is 6.91. The molecule has 7 heteroatoms. The van der Waals surface area contributed by atoms with E-state index in [2.05, 4.69) is 0 Å². The number of benzene rings is 1. The third kappa shape index (κ3) is 4.16. The summed E-state index contributed by atoms with van der Waals surface area (Å²) < 4.78 is 22.1. The lowest BCUT2D eigenvalue weighted by Crippen LogP contribution is -2.04. The molecule has 0 aliphatic heterocycles. The van der Waals surface area contributed by atoms with Crippen molar-refractivity contribution in [3.63, 3.8) is 0 Å². The minimum atomic E-state index is -3.89. The molecule has 0 atom stereocenters. The van der Waals surface area contributed by atoms with Gasteiger partial charge in [0.2, 0.25) is 0 Å². The monoisotopic (exact) mass is 276 g/mol. The summed E-state index contributed by atoms with van der Waals surface area (Å²) in [6.07, 6.45) is -0.474. The van der Waals surface area contributed by atoms with Crippen molar-refractivity contribution in [2.75, 3.05) is 0 Å². The zero-order valence-corrected chi connectivity index (χ0v) is 10.2. The zero-order chi connectivity index (χ0) is 13.1. The third-order valence-corrected chi connectivity index (χ3v) is 3.36. The standard InChI is InChI=1S/C10H9ClO5S/c11-17(15,16)8-3-1-2-7(6-8)9(12)4-5-10(13)14/h1-3,6H,4-5H2,(H,13,14). The minimum Gasteiger partial charge on any atom is -0.481 e. The number of ketones is 1. The highest BCUT2D eigenvalue weighted by atomic mass is 35.7. The highest BCUT2D eigenvalue weighted by Gasteiger charge is 2.14.